The lowest BCUT2D eigenvalue weighted by atomic mass is 10.0. The molecular formula is C75H138O17P2. The Bertz CT molecular complexity index is 1980. The third-order valence-electron chi connectivity index (χ3n) is 16.3. The molecule has 0 spiro atoms. The number of aliphatic hydroxyl groups excluding tert-OH is 1. The third-order valence-corrected chi connectivity index (χ3v) is 18.2. The Hall–Kier alpha value is -2.98. The molecule has 19 heteroatoms. The van der Waals surface area contributed by atoms with E-state index >= 15 is 0 Å². The Morgan fingerprint density at radius 2 is 0.521 bits per heavy atom. The van der Waals surface area contributed by atoms with E-state index in [1.807, 2.05) is 0 Å². The average molecular weight is 1370 g/mol. The zero-order valence-corrected chi connectivity index (χ0v) is 61.7. The van der Waals surface area contributed by atoms with E-state index in [0.717, 1.165) is 141 Å². The molecular weight excluding hydrogens is 1230 g/mol. The van der Waals surface area contributed by atoms with Gasteiger partial charge >= 0.3 is 39.5 Å². The zero-order chi connectivity index (χ0) is 69.0. The molecule has 0 aliphatic heterocycles. The predicted molar refractivity (Wildman–Crippen MR) is 381 cm³/mol. The Labute approximate surface area is 572 Å². The van der Waals surface area contributed by atoms with Crippen LogP contribution in [0, 0.1) is 0 Å². The lowest BCUT2D eigenvalue weighted by molar-refractivity contribution is -0.161. The maximum absolute atomic E-state index is 13.1. The molecule has 0 heterocycles. The molecule has 0 saturated carbocycles. The maximum Gasteiger partial charge on any atom is 0.472 e. The maximum atomic E-state index is 13.1. The second-order valence-electron chi connectivity index (χ2n) is 25.6. The number of carbonyl (C=O) groups excluding carboxylic acids is 4. The summed E-state index contributed by atoms with van der Waals surface area (Å²) in [7, 11) is -9.93. The summed E-state index contributed by atoms with van der Waals surface area (Å²) in [6.07, 6.45) is 63.8. The second kappa shape index (κ2) is 68.5. The second-order valence-corrected chi connectivity index (χ2v) is 28.5. The van der Waals surface area contributed by atoms with Gasteiger partial charge < -0.3 is 33.8 Å². The molecule has 2 unspecified atom stereocenters. The monoisotopic (exact) mass is 1370 g/mol. The van der Waals surface area contributed by atoms with Crippen molar-refractivity contribution in [3.05, 3.63) is 48.6 Å². The van der Waals surface area contributed by atoms with Crippen LogP contribution in [-0.2, 0) is 65.4 Å². The van der Waals surface area contributed by atoms with Gasteiger partial charge in [0.15, 0.2) is 12.2 Å². The number of esters is 4. The van der Waals surface area contributed by atoms with Gasteiger partial charge in [-0.25, -0.2) is 9.13 Å². The van der Waals surface area contributed by atoms with Crippen LogP contribution in [0.3, 0.4) is 0 Å². The molecule has 0 aromatic carbocycles. The van der Waals surface area contributed by atoms with E-state index in [-0.39, 0.29) is 25.7 Å². The summed E-state index contributed by atoms with van der Waals surface area (Å²) in [5, 5.41) is 10.6. The topological polar surface area (TPSA) is 237 Å². The third kappa shape index (κ3) is 67.6. The molecule has 0 bridgehead atoms. The fourth-order valence-electron chi connectivity index (χ4n) is 10.4. The fourth-order valence-corrected chi connectivity index (χ4v) is 12.0. The van der Waals surface area contributed by atoms with Crippen LogP contribution in [0.25, 0.3) is 0 Å². The van der Waals surface area contributed by atoms with E-state index in [9.17, 15) is 43.2 Å². The summed E-state index contributed by atoms with van der Waals surface area (Å²) < 4.78 is 68.4. The highest BCUT2D eigenvalue weighted by atomic mass is 31.2. The van der Waals surface area contributed by atoms with Gasteiger partial charge in [-0.2, -0.15) is 0 Å². The van der Waals surface area contributed by atoms with Gasteiger partial charge in [0.05, 0.1) is 26.4 Å². The highest BCUT2D eigenvalue weighted by Crippen LogP contribution is 2.45. The van der Waals surface area contributed by atoms with E-state index in [4.69, 9.17) is 37.0 Å². The van der Waals surface area contributed by atoms with Crippen LogP contribution in [-0.4, -0.2) is 96.7 Å². The lowest BCUT2D eigenvalue weighted by Crippen LogP contribution is -2.30. The Morgan fingerprint density at radius 3 is 0.830 bits per heavy atom. The van der Waals surface area contributed by atoms with E-state index in [0.29, 0.717) is 25.7 Å². The minimum atomic E-state index is -4.97. The summed E-state index contributed by atoms with van der Waals surface area (Å²) in [4.78, 5) is 72.7. The molecule has 3 N–H and O–H groups in total. The largest absolute Gasteiger partial charge is 0.472 e. The van der Waals surface area contributed by atoms with Crippen molar-refractivity contribution in [3.63, 3.8) is 0 Å². The summed E-state index contributed by atoms with van der Waals surface area (Å²) in [6.45, 7) is 4.83. The van der Waals surface area contributed by atoms with Crippen LogP contribution in [0.15, 0.2) is 48.6 Å². The van der Waals surface area contributed by atoms with Gasteiger partial charge in [-0.15, -0.1) is 0 Å². The number of allylic oxidation sites excluding steroid dienone is 8. The molecule has 0 amide bonds. The van der Waals surface area contributed by atoms with Crippen LogP contribution in [0.5, 0.6) is 0 Å². The van der Waals surface area contributed by atoms with Crippen LogP contribution >= 0.6 is 15.6 Å². The van der Waals surface area contributed by atoms with Crippen LogP contribution in [0.4, 0.5) is 0 Å². The van der Waals surface area contributed by atoms with Crippen molar-refractivity contribution in [2.45, 2.75) is 367 Å². The highest BCUT2D eigenvalue weighted by molar-refractivity contribution is 7.47. The quantitative estimate of drug-likeness (QED) is 0.0169. The Balaban J connectivity index is 5.33. The lowest BCUT2D eigenvalue weighted by Gasteiger charge is -2.21. The summed E-state index contributed by atoms with van der Waals surface area (Å²) >= 11 is 0. The Morgan fingerprint density at radius 1 is 0.298 bits per heavy atom. The van der Waals surface area contributed by atoms with E-state index < -0.39 is 97.5 Å². The zero-order valence-electron chi connectivity index (χ0n) is 59.9. The minimum Gasteiger partial charge on any atom is -0.462 e. The van der Waals surface area contributed by atoms with Gasteiger partial charge in [-0.3, -0.25) is 37.3 Å². The molecule has 550 valence electrons. The van der Waals surface area contributed by atoms with Crippen molar-refractivity contribution < 1.29 is 80.2 Å². The Kier molecular flexibility index (Phi) is 66.4. The number of aliphatic hydroxyl groups is 1. The summed E-state index contributed by atoms with van der Waals surface area (Å²) in [6, 6.07) is 0. The molecule has 0 rings (SSSR count). The van der Waals surface area contributed by atoms with E-state index in [1.165, 1.54) is 128 Å². The van der Waals surface area contributed by atoms with Crippen LogP contribution in [0.2, 0.25) is 0 Å². The summed E-state index contributed by atoms with van der Waals surface area (Å²) in [5.41, 5.74) is 0. The normalized spacial score (nSPS) is 14.2. The number of phosphoric acid groups is 2. The minimum absolute atomic E-state index is 0.0847. The molecule has 0 aromatic heterocycles. The number of hydrogen-bond donors (Lipinski definition) is 3. The van der Waals surface area contributed by atoms with Crippen molar-refractivity contribution in [1.82, 2.24) is 0 Å². The number of carbonyl (C=O) groups is 4. The first kappa shape index (κ1) is 91.0. The number of ether oxygens (including phenoxy) is 4. The number of unbranched alkanes of at least 4 members (excludes halogenated alkanes) is 38. The van der Waals surface area contributed by atoms with E-state index in [2.05, 4.69) is 76.3 Å². The molecule has 0 radical (unpaired) electrons. The standard InChI is InChI=1S/C75H138O17P2/c1-5-9-13-17-21-25-29-33-34-38-42-46-50-54-58-62-75(80)92-71(66-86-73(78)60-56-52-48-44-40-36-31-27-23-19-15-11-7-3)68-90-94(83,84)88-64-69(76)63-87-93(81,82)89-67-70(91-74(79)61-57-53-49-45-41-37-32-28-24-20-16-12-8-4)65-85-72(77)59-55-51-47-43-39-35-30-26-22-18-14-10-6-2/h21,25-26,28,30,32-34,69-71,76H,5-20,22-24,27,29,31,35-68H2,1-4H3,(H,81,82)(H,83,84)/b25-21-,30-26-,32-28-,34-33-/t69-,70+,71+/m0/s1. The van der Waals surface area contributed by atoms with Gasteiger partial charge in [0, 0.05) is 25.7 Å². The molecule has 94 heavy (non-hydrogen) atoms. The first-order valence-corrected chi connectivity index (χ1v) is 40.9. The summed E-state index contributed by atoms with van der Waals surface area (Å²) in [5.74, 6) is -2.18. The molecule has 0 fully saturated rings. The smallest absolute Gasteiger partial charge is 0.462 e. The predicted octanol–water partition coefficient (Wildman–Crippen LogP) is 21.3. The van der Waals surface area contributed by atoms with Gasteiger partial charge in [-0.1, -0.05) is 263 Å². The van der Waals surface area contributed by atoms with Crippen molar-refractivity contribution in [2.24, 2.45) is 0 Å². The fraction of sp³-hybridized carbons (Fsp3) is 0.840. The van der Waals surface area contributed by atoms with Gasteiger partial charge in [0.25, 0.3) is 0 Å². The molecule has 0 aliphatic carbocycles. The van der Waals surface area contributed by atoms with Crippen molar-refractivity contribution >= 4 is 39.5 Å². The molecule has 0 aromatic rings. The average Bonchev–Trinajstić information content (AvgIpc) is 2.26. The molecule has 5 atom stereocenters. The van der Waals surface area contributed by atoms with E-state index in [1.54, 1.807) is 0 Å². The van der Waals surface area contributed by atoms with Crippen LogP contribution in [0.1, 0.15) is 349 Å². The number of phosphoric ester groups is 2. The van der Waals surface area contributed by atoms with Crippen molar-refractivity contribution in [3.8, 4) is 0 Å². The van der Waals surface area contributed by atoms with Gasteiger partial charge in [-0.05, 0) is 109 Å². The number of rotatable bonds is 72. The molecule has 17 nitrogen and oxygen atoms in total. The molecule has 0 aliphatic rings. The molecule has 0 saturated heterocycles. The first-order valence-electron chi connectivity index (χ1n) is 37.9. The van der Waals surface area contributed by atoms with Crippen LogP contribution < -0.4 is 0 Å². The van der Waals surface area contributed by atoms with Crippen molar-refractivity contribution in [2.75, 3.05) is 39.6 Å². The van der Waals surface area contributed by atoms with Gasteiger partial charge in [0.2, 0.25) is 0 Å². The van der Waals surface area contributed by atoms with Gasteiger partial charge in [0.1, 0.15) is 19.3 Å². The first-order chi connectivity index (χ1) is 45.7. The SMILES string of the molecule is CCCCC/C=C\C/C=C\CCCCCCCC(=O)O[C@H](COC(=O)CCCCCCCCCCCCCCC)COP(=O)(O)OC[C@@H](O)COP(=O)(O)OC[C@@H](COC(=O)CCCCCCC/C=C\CCCCCC)OC(=O)CCCCCCC/C=C\CCCCCC. The highest BCUT2D eigenvalue weighted by Gasteiger charge is 2.30. The van der Waals surface area contributed by atoms with Crippen molar-refractivity contribution in [1.29, 1.82) is 0 Å². The number of hydrogen-bond acceptors (Lipinski definition) is 15.